The summed E-state index contributed by atoms with van der Waals surface area (Å²) in [5.41, 5.74) is 0.807. The lowest BCUT2D eigenvalue weighted by Gasteiger charge is -1.83. The van der Waals surface area contributed by atoms with Crippen molar-refractivity contribution < 1.29 is 0 Å². The fourth-order valence-corrected chi connectivity index (χ4v) is 1.60. The number of imidazole rings is 1. The van der Waals surface area contributed by atoms with E-state index in [9.17, 15) is 0 Å². The van der Waals surface area contributed by atoms with Gasteiger partial charge in [0, 0.05) is 13.2 Å². The number of aromatic nitrogens is 4. The first-order valence-electron chi connectivity index (χ1n) is 3.23. The Kier molecular flexibility index (Phi) is 1.82. The molecule has 2 heterocycles. The van der Waals surface area contributed by atoms with Crippen LogP contribution in [0, 0.1) is 0 Å². The molecule has 0 aromatic carbocycles. The van der Waals surface area contributed by atoms with Crippen molar-refractivity contribution in [3.63, 3.8) is 0 Å². The summed E-state index contributed by atoms with van der Waals surface area (Å²) < 4.78 is 5.70. The van der Waals surface area contributed by atoms with Gasteiger partial charge < -0.3 is 4.57 Å². The molecule has 4 nitrogen and oxygen atoms in total. The van der Waals surface area contributed by atoms with Crippen LogP contribution in [-0.4, -0.2) is 18.9 Å². The molecule has 2 aromatic rings. The number of halogens is 1. The molecular weight excluding hydrogens is 196 g/mol. The van der Waals surface area contributed by atoms with E-state index in [4.69, 9.17) is 11.6 Å². The number of aryl methyl sites for hydroxylation is 1. The first-order valence-corrected chi connectivity index (χ1v) is 4.38. The SMILES string of the molecule is Cn1cnc(-c2nc(Cl)ns2)c1. The summed E-state index contributed by atoms with van der Waals surface area (Å²) >= 11 is 6.82. The average molecular weight is 201 g/mol. The van der Waals surface area contributed by atoms with E-state index in [-0.39, 0.29) is 5.28 Å². The highest BCUT2D eigenvalue weighted by atomic mass is 35.5. The lowest BCUT2D eigenvalue weighted by molar-refractivity contribution is 0.913. The minimum absolute atomic E-state index is 0.278. The van der Waals surface area contributed by atoms with E-state index in [1.807, 2.05) is 17.8 Å². The zero-order chi connectivity index (χ0) is 8.55. The molecule has 0 N–H and O–H groups in total. The van der Waals surface area contributed by atoms with Crippen molar-refractivity contribution in [2.75, 3.05) is 0 Å². The first-order chi connectivity index (χ1) is 5.75. The zero-order valence-corrected chi connectivity index (χ0v) is 7.80. The van der Waals surface area contributed by atoms with Gasteiger partial charge in [-0.15, -0.1) is 0 Å². The Labute approximate surface area is 78.0 Å². The van der Waals surface area contributed by atoms with E-state index in [0.29, 0.717) is 0 Å². The molecular formula is C6H5ClN4S. The predicted octanol–water partition coefficient (Wildman–Crippen LogP) is 1.59. The smallest absolute Gasteiger partial charge is 0.234 e. The molecule has 0 saturated carbocycles. The van der Waals surface area contributed by atoms with Crippen LogP contribution in [0.5, 0.6) is 0 Å². The van der Waals surface area contributed by atoms with E-state index >= 15 is 0 Å². The third-order valence-corrected chi connectivity index (χ3v) is 2.33. The van der Waals surface area contributed by atoms with Crippen molar-refractivity contribution in [3.05, 3.63) is 17.8 Å². The van der Waals surface area contributed by atoms with E-state index in [0.717, 1.165) is 10.7 Å². The van der Waals surface area contributed by atoms with Crippen molar-refractivity contribution in [1.29, 1.82) is 0 Å². The van der Waals surface area contributed by atoms with E-state index in [1.54, 1.807) is 6.33 Å². The van der Waals surface area contributed by atoms with Crippen LogP contribution in [0.15, 0.2) is 12.5 Å². The lowest BCUT2D eigenvalue weighted by Crippen LogP contribution is -1.77. The summed E-state index contributed by atoms with van der Waals surface area (Å²) in [6, 6.07) is 0. The van der Waals surface area contributed by atoms with Gasteiger partial charge in [0.2, 0.25) is 5.28 Å². The third kappa shape index (κ3) is 1.33. The second-order valence-corrected chi connectivity index (χ2v) is 3.38. The Morgan fingerprint density at radius 3 is 2.92 bits per heavy atom. The minimum Gasteiger partial charge on any atom is -0.340 e. The maximum absolute atomic E-state index is 5.57. The van der Waals surface area contributed by atoms with Gasteiger partial charge in [-0.25, -0.2) is 9.97 Å². The predicted molar refractivity (Wildman–Crippen MR) is 47.1 cm³/mol. The molecule has 2 rings (SSSR count). The standard InChI is InChI=1S/C6H5ClN4S/c1-11-2-4(8-3-11)5-9-6(7)10-12-5/h2-3H,1H3. The van der Waals surface area contributed by atoms with Crippen molar-refractivity contribution in [3.8, 4) is 10.7 Å². The zero-order valence-electron chi connectivity index (χ0n) is 6.23. The average Bonchev–Trinajstić information content (AvgIpc) is 2.58. The van der Waals surface area contributed by atoms with Gasteiger partial charge in [-0.05, 0) is 23.1 Å². The van der Waals surface area contributed by atoms with Crippen LogP contribution in [0.2, 0.25) is 5.28 Å². The topological polar surface area (TPSA) is 43.6 Å². The van der Waals surface area contributed by atoms with E-state index in [2.05, 4.69) is 14.3 Å². The minimum atomic E-state index is 0.278. The number of rotatable bonds is 1. The van der Waals surface area contributed by atoms with Crippen LogP contribution in [0.25, 0.3) is 10.7 Å². The van der Waals surface area contributed by atoms with Crippen LogP contribution in [0.3, 0.4) is 0 Å². The van der Waals surface area contributed by atoms with Gasteiger partial charge in [0.25, 0.3) is 0 Å². The molecule has 0 atom stereocenters. The monoisotopic (exact) mass is 200 g/mol. The second-order valence-electron chi connectivity index (χ2n) is 2.29. The van der Waals surface area contributed by atoms with Crippen LogP contribution in [-0.2, 0) is 7.05 Å². The molecule has 0 bridgehead atoms. The van der Waals surface area contributed by atoms with Crippen LogP contribution in [0.1, 0.15) is 0 Å². The van der Waals surface area contributed by atoms with Crippen molar-refractivity contribution in [2.45, 2.75) is 0 Å². The molecule has 0 radical (unpaired) electrons. The Hall–Kier alpha value is -0.940. The van der Waals surface area contributed by atoms with Gasteiger partial charge in [-0.2, -0.15) is 4.37 Å². The van der Waals surface area contributed by atoms with Crippen molar-refractivity contribution in [1.82, 2.24) is 18.9 Å². The van der Waals surface area contributed by atoms with Gasteiger partial charge in [0.15, 0.2) is 5.01 Å². The summed E-state index contributed by atoms with van der Waals surface area (Å²) in [5, 5.41) is 1.03. The first kappa shape index (κ1) is 7.70. The summed E-state index contributed by atoms with van der Waals surface area (Å²) in [5.74, 6) is 0. The second kappa shape index (κ2) is 2.84. The molecule has 62 valence electrons. The molecule has 0 fully saturated rings. The van der Waals surface area contributed by atoms with Gasteiger partial charge in [0.1, 0.15) is 5.69 Å². The van der Waals surface area contributed by atoms with Gasteiger partial charge in [0.05, 0.1) is 6.33 Å². The highest BCUT2D eigenvalue weighted by molar-refractivity contribution is 7.09. The molecule has 0 spiro atoms. The molecule has 0 amide bonds. The summed E-state index contributed by atoms with van der Waals surface area (Å²) in [6.45, 7) is 0. The van der Waals surface area contributed by atoms with Gasteiger partial charge in [-0.1, -0.05) is 0 Å². The van der Waals surface area contributed by atoms with Crippen molar-refractivity contribution in [2.24, 2.45) is 7.05 Å². The number of hydrogen-bond acceptors (Lipinski definition) is 4. The van der Waals surface area contributed by atoms with Crippen LogP contribution in [0.4, 0.5) is 0 Å². The molecule has 0 aliphatic heterocycles. The summed E-state index contributed by atoms with van der Waals surface area (Å²) in [4.78, 5) is 8.10. The van der Waals surface area contributed by atoms with Crippen molar-refractivity contribution >= 4 is 23.1 Å². The molecule has 2 aromatic heterocycles. The van der Waals surface area contributed by atoms with Gasteiger partial charge in [-0.3, -0.25) is 0 Å². The molecule has 0 aliphatic carbocycles. The lowest BCUT2D eigenvalue weighted by atomic mass is 10.5. The Balaban J connectivity index is 2.43. The highest BCUT2D eigenvalue weighted by Crippen LogP contribution is 2.20. The number of hydrogen-bond donors (Lipinski definition) is 0. The Morgan fingerprint density at radius 2 is 2.42 bits per heavy atom. The fourth-order valence-electron chi connectivity index (χ4n) is 0.833. The maximum Gasteiger partial charge on any atom is 0.234 e. The van der Waals surface area contributed by atoms with E-state index < -0.39 is 0 Å². The molecule has 12 heavy (non-hydrogen) atoms. The van der Waals surface area contributed by atoms with Crippen LogP contribution >= 0.6 is 23.1 Å². The molecule has 0 unspecified atom stereocenters. The van der Waals surface area contributed by atoms with Crippen LogP contribution < -0.4 is 0 Å². The van der Waals surface area contributed by atoms with Gasteiger partial charge >= 0.3 is 0 Å². The molecule has 6 heteroatoms. The summed E-state index contributed by atoms with van der Waals surface area (Å²) in [7, 11) is 1.90. The normalized spacial score (nSPS) is 10.5. The highest BCUT2D eigenvalue weighted by Gasteiger charge is 2.06. The number of nitrogens with zero attached hydrogens (tertiary/aromatic N) is 4. The quantitative estimate of drug-likeness (QED) is 0.702. The van der Waals surface area contributed by atoms with E-state index in [1.165, 1.54) is 11.5 Å². The maximum atomic E-state index is 5.57. The third-order valence-electron chi connectivity index (χ3n) is 1.33. The summed E-state index contributed by atoms with van der Waals surface area (Å²) in [6.07, 6.45) is 3.58. The Bertz CT molecular complexity index is 355. The fraction of sp³-hybridized carbons (Fsp3) is 0.167. The molecule has 0 aliphatic rings. The Morgan fingerprint density at radius 1 is 1.58 bits per heavy atom. The largest absolute Gasteiger partial charge is 0.340 e. The molecule has 0 saturated heterocycles.